The number of hydrogen-bond donors (Lipinski definition) is 2. The van der Waals surface area contributed by atoms with Gasteiger partial charge < -0.3 is 19.9 Å². The number of nitrogens with zero attached hydrogens (tertiary/aromatic N) is 2. The molecule has 0 aromatic carbocycles. The van der Waals surface area contributed by atoms with Crippen LogP contribution in [-0.4, -0.2) is 53.3 Å². The molecule has 0 radical (unpaired) electrons. The molecule has 8 heteroatoms. The van der Waals surface area contributed by atoms with Gasteiger partial charge in [-0.3, -0.25) is 9.69 Å². The van der Waals surface area contributed by atoms with Crippen LogP contribution in [0.4, 0.5) is 10.6 Å². The van der Waals surface area contributed by atoms with Crippen LogP contribution in [0.5, 0.6) is 0 Å². The summed E-state index contributed by atoms with van der Waals surface area (Å²) in [5.41, 5.74) is -0.522. The van der Waals surface area contributed by atoms with E-state index in [0.29, 0.717) is 18.1 Å². The Morgan fingerprint density at radius 2 is 2.16 bits per heavy atom. The third kappa shape index (κ3) is 6.74. The predicted octanol–water partition coefficient (Wildman–Crippen LogP) is 2.30. The molecule has 1 aliphatic heterocycles. The first-order valence-electron chi connectivity index (χ1n) is 8.67. The minimum atomic E-state index is -0.522. The van der Waals surface area contributed by atoms with Gasteiger partial charge in [0, 0.05) is 18.7 Å². The first kappa shape index (κ1) is 19.2. The summed E-state index contributed by atoms with van der Waals surface area (Å²) in [5.74, 6) is 0.924. The van der Waals surface area contributed by atoms with Crippen molar-refractivity contribution in [1.29, 1.82) is 0 Å². The molecule has 140 valence electrons. The zero-order valence-corrected chi connectivity index (χ0v) is 15.4. The minimum absolute atomic E-state index is 0.117. The van der Waals surface area contributed by atoms with Crippen LogP contribution in [0.25, 0.3) is 0 Å². The van der Waals surface area contributed by atoms with Crippen molar-refractivity contribution in [3.8, 4) is 0 Å². The van der Waals surface area contributed by atoms with Gasteiger partial charge in [-0.25, -0.2) is 4.79 Å². The number of alkyl carbamates (subject to hydrolysis) is 1. The van der Waals surface area contributed by atoms with E-state index >= 15 is 0 Å². The quantitative estimate of drug-likeness (QED) is 0.844. The highest BCUT2D eigenvalue weighted by Crippen LogP contribution is 2.17. The molecule has 0 bridgehead atoms. The van der Waals surface area contributed by atoms with Crippen molar-refractivity contribution < 1.29 is 18.8 Å². The lowest BCUT2D eigenvalue weighted by atomic mass is 10.0. The molecule has 2 heterocycles. The average molecular weight is 352 g/mol. The van der Waals surface area contributed by atoms with Gasteiger partial charge in [-0.2, -0.15) is 0 Å². The molecule has 8 nitrogen and oxygen atoms in total. The number of rotatable bonds is 5. The largest absolute Gasteiger partial charge is 0.444 e. The zero-order chi connectivity index (χ0) is 18.4. The van der Waals surface area contributed by atoms with Crippen molar-refractivity contribution in [2.45, 2.75) is 58.6 Å². The summed E-state index contributed by atoms with van der Waals surface area (Å²) < 4.78 is 10.2. The van der Waals surface area contributed by atoms with Crippen molar-refractivity contribution in [2.24, 2.45) is 0 Å². The van der Waals surface area contributed by atoms with Gasteiger partial charge in [0.25, 0.3) is 0 Å². The average Bonchev–Trinajstić information content (AvgIpc) is 2.89. The molecular weight excluding hydrogens is 324 g/mol. The molecule has 2 rings (SSSR count). The first-order valence-corrected chi connectivity index (χ1v) is 8.67. The lowest BCUT2D eigenvalue weighted by molar-refractivity contribution is -0.118. The number of amides is 2. The normalized spacial score (nSPS) is 18.6. The maximum absolute atomic E-state index is 12.2. The summed E-state index contributed by atoms with van der Waals surface area (Å²) in [4.78, 5) is 26.1. The molecule has 1 fully saturated rings. The summed E-state index contributed by atoms with van der Waals surface area (Å²) in [6, 6.07) is 1.79. The number of aryl methyl sites for hydroxylation is 1. The highest BCUT2D eigenvalue weighted by molar-refractivity contribution is 5.91. The van der Waals surface area contributed by atoms with E-state index in [9.17, 15) is 9.59 Å². The molecule has 25 heavy (non-hydrogen) atoms. The number of carbonyl (C=O) groups is 2. The molecule has 1 aromatic heterocycles. The van der Waals surface area contributed by atoms with Gasteiger partial charge in [0.1, 0.15) is 11.4 Å². The maximum Gasteiger partial charge on any atom is 0.407 e. The molecule has 1 aliphatic rings. The van der Waals surface area contributed by atoms with Gasteiger partial charge in [0.15, 0.2) is 5.82 Å². The Labute approximate surface area is 148 Å². The van der Waals surface area contributed by atoms with Crippen LogP contribution >= 0.6 is 0 Å². The molecule has 0 spiro atoms. The van der Waals surface area contributed by atoms with E-state index in [1.165, 1.54) is 0 Å². The third-order valence-electron chi connectivity index (χ3n) is 3.87. The molecule has 1 atom stereocenters. The summed E-state index contributed by atoms with van der Waals surface area (Å²) >= 11 is 0. The molecule has 1 saturated heterocycles. The summed E-state index contributed by atoms with van der Waals surface area (Å²) in [5, 5.41) is 9.29. The smallest absolute Gasteiger partial charge is 0.407 e. The number of anilines is 1. The topological polar surface area (TPSA) is 96.7 Å². The predicted molar refractivity (Wildman–Crippen MR) is 93.3 cm³/mol. The Bertz CT molecular complexity index is 594. The highest BCUT2D eigenvalue weighted by Gasteiger charge is 2.26. The molecule has 0 aliphatic carbocycles. The fourth-order valence-corrected chi connectivity index (χ4v) is 2.81. The Kier molecular flexibility index (Phi) is 6.41. The lowest BCUT2D eigenvalue weighted by Crippen LogP contribution is -2.49. The second-order valence-electron chi connectivity index (χ2n) is 7.37. The van der Waals surface area contributed by atoms with Crippen LogP contribution in [0.15, 0.2) is 10.6 Å². The van der Waals surface area contributed by atoms with E-state index in [0.717, 1.165) is 25.8 Å². The number of carbonyl (C=O) groups excluding carboxylic acids is 2. The van der Waals surface area contributed by atoms with Gasteiger partial charge in [0.2, 0.25) is 5.91 Å². The molecule has 0 saturated carbocycles. The van der Waals surface area contributed by atoms with Crippen molar-refractivity contribution in [3.05, 3.63) is 11.8 Å². The monoisotopic (exact) mass is 352 g/mol. The number of nitrogens with one attached hydrogen (secondary N) is 2. The maximum atomic E-state index is 12.2. The van der Waals surface area contributed by atoms with Gasteiger partial charge >= 0.3 is 6.09 Å². The molecule has 2 N–H and O–H groups in total. The Balaban J connectivity index is 1.83. The highest BCUT2D eigenvalue weighted by atomic mass is 16.6. The van der Waals surface area contributed by atoms with Crippen LogP contribution in [0.1, 0.15) is 45.8 Å². The number of hydrogen-bond acceptors (Lipinski definition) is 6. The molecule has 0 unspecified atom stereocenters. The second-order valence-corrected chi connectivity index (χ2v) is 7.37. The lowest BCUT2D eigenvalue weighted by Gasteiger charge is -2.35. The van der Waals surface area contributed by atoms with E-state index in [1.54, 1.807) is 13.0 Å². The SMILES string of the molecule is Cc1cc(NC(=O)CN2CCCC[C@@H]2CNC(=O)OC(C)(C)C)no1. The summed E-state index contributed by atoms with van der Waals surface area (Å²) in [7, 11) is 0. The van der Waals surface area contributed by atoms with Gasteiger partial charge in [-0.05, 0) is 47.1 Å². The van der Waals surface area contributed by atoms with Crippen LogP contribution in [0, 0.1) is 6.92 Å². The standard InChI is InChI=1S/C17H28N4O4/c1-12-9-14(20-25-12)19-15(22)11-21-8-6-5-7-13(21)10-18-16(23)24-17(2,3)4/h9,13H,5-8,10-11H2,1-4H3,(H,18,23)(H,19,20,22)/t13-/m1/s1. The summed E-state index contributed by atoms with van der Waals surface area (Å²) in [6.07, 6.45) is 2.63. The van der Waals surface area contributed by atoms with Crippen molar-refractivity contribution in [2.75, 3.05) is 25.0 Å². The van der Waals surface area contributed by atoms with Crippen LogP contribution in [0.3, 0.4) is 0 Å². The van der Waals surface area contributed by atoms with Crippen LogP contribution in [-0.2, 0) is 9.53 Å². The summed E-state index contributed by atoms with van der Waals surface area (Å²) in [6.45, 7) is 8.80. The molecule has 1 aromatic rings. The van der Waals surface area contributed by atoms with Crippen molar-refractivity contribution >= 4 is 17.8 Å². The van der Waals surface area contributed by atoms with Crippen LogP contribution < -0.4 is 10.6 Å². The van der Waals surface area contributed by atoms with Crippen molar-refractivity contribution in [3.63, 3.8) is 0 Å². The van der Waals surface area contributed by atoms with E-state index in [1.807, 2.05) is 20.8 Å². The minimum Gasteiger partial charge on any atom is -0.444 e. The Morgan fingerprint density at radius 1 is 1.40 bits per heavy atom. The first-order chi connectivity index (χ1) is 11.7. The van der Waals surface area contributed by atoms with E-state index in [-0.39, 0.29) is 18.5 Å². The van der Waals surface area contributed by atoms with E-state index in [2.05, 4.69) is 20.7 Å². The second kappa shape index (κ2) is 8.33. The number of likely N-dealkylation sites (tertiary alicyclic amines) is 1. The van der Waals surface area contributed by atoms with Gasteiger partial charge in [0.05, 0.1) is 6.54 Å². The Morgan fingerprint density at radius 3 is 2.80 bits per heavy atom. The van der Waals surface area contributed by atoms with Crippen molar-refractivity contribution in [1.82, 2.24) is 15.4 Å². The molecule has 2 amide bonds. The zero-order valence-electron chi connectivity index (χ0n) is 15.4. The Hall–Kier alpha value is -2.09. The van der Waals surface area contributed by atoms with Gasteiger partial charge in [-0.15, -0.1) is 0 Å². The van der Waals surface area contributed by atoms with Gasteiger partial charge in [-0.1, -0.05) is 11.6 Å². The fourth-order valence-electron chi connectivity index (χ4n) is 2.81. The van der Waals surface area contributed by atoms with E-state index in [4.69, 9.17) is 9.26 Å². The van der Waals surface area contributed by atoms with E-state index < -0.39 is 11.7 Å². The van der Waals surface area contributed by atoms with Crippen LogP contribution in [0.2, 0.25) is 0 Å². The number of piperidine rings is 1. The third-order valence-corrected chi connectivity index (χ3v) is 3.87. The number of aromatic nitrogens is 1. The molecular formula is C17H28N4O4. The fraction of sp³-hybridized carbons (Fsp3) is 0.706. The number of ether oxygens (including phenoxy) is 1.